The number of hydrogen-bond acceptors (Lipinski definition) is 2. The van der Waals surface area contributed by atoms with Crippen molar-refractivity contribution in [2.24, 2.45) is 0 Å². The molecular formula is C16H14FNO. The summed E-state index contributed by atoms with van der Waals surface area (Å²) >= 11 is 0. The van der Waals surface area contributed by atoms with E-state index in [4.69, 9.17) is 10.00 Å². The van der Waals surface area contributed by atoms with Crippen LogP contribution in [-0.4, -0.2) is 6.61 Å². The van der Waals surface area contributed by atoms with E-state index < -0.39 is 0 Å². The van der Waals surface area contributed by atoms with Crippen molar-refractivity contribution in [2.75, 3.05) is 6.61 Å². The van der Waals surface area contributed by atoms with Crippen LogP contribution >= 0.6 is 0 Å². The first-order valence-corrected chi connectivity index (χ1v) is 6.11. The Morgan fingerprint density at radius 2 is 1.58 bits per heavy atom. The van der Waals surface area contributed by atoms with Crippen LogP contribution in [0.1, 0.15) is 11.1 Å². The third-order valence-corrected chi connectivity index (χ3v) is 2.78. The number of rotatable bonds is 5. The summed E-state index contributed by atoms with van der Waals surface area (Å²) < 4.78 is 18.3. The highest BCUT2D eigenvalue weighted by molar-refractivity contribution is 5.28. The summed E-state index contributed by atoms with van der Waals surface area (Å²) in [4.78, 5) is 0. The Kier molecular flexibility index (Phi) is 4.52. The SMILES string of the molecule is N#CCc1ccc(OCCc2ccc(F)cc2)cc1. The largest absolute Gasteiger partial charge is 0.493 e. The van der Waals surface area contributed by atoms with Gasteiger partial charge in [0.2, 0.25) is 0 Å². The van der Waals surface area contributed by atoms with Crippen molar-refractivity contribution in [3.63, 3.8) is 0 Å². The maximum absolute atomic E-state index is 12.7. The summed E-state index contributed by atoms with van der Waals surface area (Å²) in [6, 6.07) is 16.0. The molecule has 0 bridgehead atoms. The van der Waals surface area contributed by atoms with Crippen LogP contribution in [0.25, 0.3) is 0 Å². The topological polar surface area (TPSA) is 33.0 Å². The van der Waals surface area contributed by atoms with Gasteiger partial charge in [-0.25, -0.2) is 4.39 Å². The molecule has 0 spiro atoms. The van der Waals surface area contributed by atoms with Crippen LogP contribution in [0.2, 0.25) is 0 Å². The van der Waals surface area contributed by atoms with Gasteiger partial charge < -0.3 is 4.74 Å². The number of benzene rings is 2. The van der Waals surface area contributed by atoms with Crippen molar-refractivity contribution in [2.45, 2.75) is 12.8 Å². The Balaban J connectivity index is 1.82. The fourth-order valence-corrected chi connectivity index (χ4v) is 1.73. The summed E-state index contributed by atoms with van der Waals surface area (Å²) in [5.41, 5.74) is 2.02. The Morgan fingerprint density at radius 3 is 2.21 bits per heavy atom. The minimum Gasteiger partial charge on any atom is -0.493 e. The zero-order chi connectivity index (χ0) is 13.5. The average molecular weight is 255 g/mol. The molecule has 0 aliphatic rings. The number of nitrogens with zero attached hydrogens (tertiary/aromatic N) is 1. The molecule has 0 aliphatic heterocycles. The molecule has 0 fully saturated rings. The van der Waals surface area contributed by atoms with Crippen LogP contribution in [0.4, 0.5) is 4.39 Å². The Morgan fingerprint density at radius 1 is 0.947 bits per heavy atom. The number of halogens is 1. The van der Waals surface area contributed by atoms with Crippen LogP contribution in [0.15, 0.2) is 48.5 Å². The zero-order valence-corrected chi connectivity index (χ0v) is 10.5. The lowest BCUT2D eigenvalue weighted by atomic mass is 10.1. The van der Waals surface area contributed by atoms with Gasteiger partial charge in [0.05, 0.1) is 19.1 Å². The molecule has 0 aromatic heterocycles. The monoisotopic (exact) mass is 255 g/mol. The van der Waals surface area contributed by atoms with Gasteiger partial charge in [-0.3, -0.25) is 0 Å². The van der Waals surface area contributed by atoms with Gasteiger partial charge in [0.1, 0.15) is 11.6 Å². The number of nitriles is 1. The highest BCUT2D eigenvalue weighted by atomic mass is 19.1. The van der Waals surface area contributed by atoms with E-state index in [0.717, 1.165) is 23.3 Å². The third-order valence-electron chi connectivity index (χ3n) is 2.78. The van der Waals surface area contributed by atoms with Gasteiger partial charge in [-0.2, -0.15) is 5.26 Å². The smallest absolute Gasteiger partial charge is 0.123 e. The minimum absolute atomic E-state index is 0.224. The molecule has 19 heavy (non-hydrogen) atoms. The lowest BCUT2D eigenvalue weighted by Gasteiger charge is -2.06. The Bertz CT molecular complexity index is 555. The van der Waals surface area contributed by atoms with E-state index in [9.17, 15) is 4.39 Å². The average Bonchev–Trinajstić information content (AvgIpc) is 2.43. The van der Waals surface area contributed by atoms with Crippen LogP contribution in [0.5, 0.6) is 5.75 Å². The molecule has 2 aromatic rings. The molecule has 0 atom stereocenters. The van der Waals surface area contributed by atoms with Crippen molar-refractivity contribution >= 4 is 0 Å². The van der Waals surface area contributed by atoms with Crippen molar-refractivity contribution in [1.29, 1.82) is 5.26 Å². The molecular weight excluding hydrogens is 241 g/mol. The fraction of sp³-hybridized carbons (Fsp3) is 0.188. The van der Waals surface area contributed by atoms with E-state index in [0.29, 0.717) is 13.0 Å². The van der Waals surface area contributed by atoms with Gasteiger partial charge in [0.25, 0.3) is 0 Å². The maximum atomic E-state index is 12.7. The molecule has 0 N–H and O–H groups in total. The van der Waals surface area contributed by atoms with Crippen molar-refractivity contribution in [1.82, 2.24) is 0 Å². The summed E-state index contributed by atoms with van der Waals surface area (Å²) in [7, 11) is 0. The molecule has 0 heterocycles. The molecule has 0 amide bonds. The van der Waals surface area contributed by atoms with Crippen LogP contribution < -0.4 is 4.74 Å². The van der Waals surface area contributed by atoms with Crippen molar-refractivity contribution in [3.8, 4) is 11.8 Å². The van der Waals surface area contributed by atoms with Gasteiger partial charge >= 0.3 is 0 Å². The molecule has 0 saturated heterocycles. The first-order valence-electron chi connectivity index (χ1n) is 6.11. The van der Waals surface area contributed by atoms with E-state index in [1.807, 2.05) is 24.3 Å². The lowest BCUT2D eigenvalue weighted by molar-refractivity contribution is 0.322. The van der Waals surface area contributed by atoms with E-state index in [1.54, 1.807) is 12.1 Å². The van der Waals surface area contributed by atoms with Crippen molar-refractivity contribution < 1.29 is 9.13 Å². The molecule has 2 nitrogen and oxygen atoms in total. The van der Waals surface area contributed by atoms with Gasteiger partial charge in [-0.05, 0) is 35.4 Å². The van der Waals surface area contributed by atoms with Crippen LogP contribution in [0, 0.1) is 17.1 Å². The molecule has 2 aromatic carbocycles. The molecule has 0 aliphatic carbocycles. The second-order valence-electron chi connectivity index (χ2n) is 4.20. The maximum Gasteiger partial charge on any atom is 0.123 e. The molecule has 0 saturated carbocycles. The van der Waals surface area contributed by atoms with Gasteiger partial charge in [0, 0.05) is 6.42 Å². The van der Waals surface area contributed by atoms with Gasteiger partial charge in [-0.1, -0.05) is 24.3 Å². The molecule has 0 unspecified atom stereocenters. The molecule has 3 heteroatoms. The second-order valence-corrected chi connectivity index (χ2v) is 4.20. The van der Waals surface area contributed by atoms with E-state index in [2.05, 4.69) is 6.07 Å². The third kappa shape index (κ3) is 4.11. The summed E-state index contributed by atoms with van der Waals surface area (Å²) in [5, 5.41) is 8.57. The number of ether oxygens (including phenoxy) is 1. The predicted octanol–water partition coefficient (Wildman–Crippen LogP) is 3.51. The first kappa shape index (κ1) is 13.1. The second kappa shape index (κ2) is 6.55. The first-order chi connectivity index (χ1) is 9.28. The number of hydrogen-bond donors (Lipinski definition) is 0. The highest BCUT2D eigenvalue weighted by Gasteiger charge is 1.97. The van der Waals surface area contributed by atoms with Crippen LogP contribution in [0.3, 0.4) is 0 Å². The lowest BCUT2D eigenvalue weighted by Crippen LogP contribution is -2.01. The molecule has 2 rings (SSSR count). The summed E-state index contributed by atoms with van der Waals surface area (Å²) in [6.45, 7) is 0.545. The van der Waals surface area contributed by atoms with E-state index in [1.165, 1.54) is 12.1 Å². The van der Waals surface area contributed by atoms with Gasteiger partial charge in [0.15, 0.2) is 0 Å². The molecule has 0 radical (unpaired) electrons. The Labute approximate surface area is 112 Å². The Hall–Kier alpha value is -2.34. The minimum atomic E-state index is -0.224. The highest BCUT2D eigenvalue weighted by Crippen LogP contribution is 2.13. The fourth-order valence-electron chi connectivity index (χ4n) is 1.73. The predicted molar refractivity (Wildman–Crippen MR) is 71.4 cm³/mol. The zero-order valence-electron chi connectivity index (χ0n) is 10.5. The van der Waals surface area contributed by atoms with E-state index in [-0.39, 0.29) is 5.82 Å². The van der Waals surface area contributed by atoms with Crippen molar-refractivity contribution in [3.05, 3.63) is 65.5 Å². The summed E-state index contributed by atoms with van der Waals surface area (Å²) in [6.07, 6.45) is 1.15. The van der Waals surface area contributed by atoms with Gasteiger partial charge in [-0.15, -0.1) is 0 Å². The summed E-state index contributed by atoms with van der Waals surface area (Å²) in [5.74, 6) is 0.557. The molecule has 96 valence electrons. The quantitative estimate of drug-likeness (QED) is 0.819. The normalized spacial score (nSPS) is 9.89. The van der Waals surface area contributed by atoms with E-state index >= 15 is 0 Å². The van der Waals surface area contributed by atoms with Crippen LogP contribution in [-0.2, 0) is 12.8 Å². The standard InChI is InChI=1S/C16H14FNO/c17-15-5-1-14(2-6-15)10-12-19-16-7-3-13(4-8-16)9-11-18/h1-8H,9-10,12H2.